The van der Waals surface area contributed by atoms with E-state index in [2.05, 4.69) is 25.9 Å². The van der Waals surface area contributed by atoms with E-state index in [0.717, 1.165) is 10.3 Å². The number of aromatic amines is 1. The first kappa shape index (κ1) is 13.6. The Balaban J connectivity index is 1.84. The maximum atomic E-state index is 11.9. The van der Waals surface area contributed by atoms with E-state index in [-0.39, 0.29) is 12.5 Å². The molecule has 2 rings (SSSR count). The van der Waals surface area contributed by atoms with Crippen LogP contribution in [0, 0.1) is 0 Å². The van der Waals surface area contributed by atoms with Crippen molar-refractivity contribution in [2.75, 3.05) is 13.7 Å². The molecule has 0 spiro atoms. The second-order valence-electron chi connectivity index (χ2n) is 4.03. The summed E-state index contributed by atoms with van der Waals surface area (Å²) in [5.74, 6) is 1.31. The van der Waals surface area contributed by atoms with Gasteiger partial charge < -0.3 is 14.6 Å². The zero-order chi connectivity index (χ0) is 13.7. The monoisotopic (exact) mass is 323 g/mol. The van der Waals surface area contributed by atoms with Crippen LogP contribution in [0.15, 0.2) is 41.1 Å². The number of hydrogen-bond acceptors (Lipinski definition) is 3. The number of halogens is 1. The van der Waals surface area contributed by atoms with Crippen molar-refractivity contribution >= 4 is 21.8 Å². The number of carbonyl (C=O) groups excluding carboxylic acids is 1. The Morgan fingerprint density at radius 1 is 1.53 bits per heavy atom. The van der Waals surface area contributed by atoms with Crippen molar-refractivity contribution in [2.24, 2.45) is 0 Å². The number of rotatable bonds is 5. The lowest BCUT2D eigenvalue weighted by Gasteiger charge is -2.16. The summed E-state index contributed by atoms with van der Waals surface area (Å²) >= 11 is 3.35. The molecule has 0 atom stereocenters. The summed E-state index contributed by atoms with van der Waals surface area (Å²) in [4.78, 5) is 20.5. The Morgan fingerprint density at radius 2 is 2.37 bits per heavy atom. The Bertz CT molecular complexity index is 543. The van der Waals surface area contributed by atoms with Gasteiger partial charge in [-0.15, -0.1) is 0 Å². The van der Waals surface area contributed by atoms with Gasteiger partial charge >= 0.3 is 0 Å². The smallest absolute Gasteiger partial charge is 0.260 e. The van der Waals surface area contributed by atoms with Crippen molar-refractivity contribution in [3.63, 3.8) is 0 Å². The maximum absolute atomic E-state index is 11.9. The van der Waals surface area contributed by atoms with Gasteiger partial charge in [-0.2, -0.15) is 0 Å². The molecule has 1 aromatic heterocycles. The van der Waals surface area contributed by atoms with Crippen LogP contribution < -0.4 is 4.74 Å². The van der Waals surface area contributed by atoms with E-state index in [1.165, 1.54) is 0 Å². The van der Waals surface area contributed by atoms with Crippen LogP contribution in [-0.2, 0) is 11.3 Å². The molecule has 0 saturated heterocycles. The fourth-order valence-electron chi connectivity index (χ4n) is 1.51. The first-order valence-corrected chi connectivity index (χ1v) is 6.55. The quantitative estimate of drug-likeness (QED) is 0.917. The largest absolute Gasteiger partial charge is 0.484 e. The zero-order valence-electron chi connectivity index (χ0n) is 10.5. The molecule has 0 bridgehead atoms. The van der Waals surface area contributed by atoms with Gasteiger partial charge in [0.1, 0.15) is 11.6 Å². The molecule has 0 saturated carbocycles. The number of likely N-dealkylation sites (N-methyl/N-ethyl adjacent to an activating group) is 1. The SMILES string of the molecule is CN(Cc1ncc[nH]1)C(=O)COc1cccc(Br)c1. The third-order valence-corrected chi connectivity index (χ3v) is 3.02. The van der Waals surface area contributed by atoms with Gasteiger partial charge in [-0.3, -0.25) is 4.79 Å². The highest BCUT2D eigenvalue weighted by molar-refractivity contribution is 9.10. The van der Waals surface area contributed by atoms with Crippen molar-refractivity contribution in [3.8, 4) is 5.75 Å². The van der Waals surface area contributed by atoms with E-state index < -0.39 is 0 Å². The highest BCUT2D eigenvalue weighted by Crippen LogP contribution is 2.17. The van der Waals surface area contributed by atoms with Gasteiger partial charge in [-0.05, 0) is 18.2 Å². The minimum atomic E-state index is -0.101. The highest BCUT2D eigenvalue weighted by atomic mass is 79.9. The highest BCUT2D eigenvalue weighted by Gasteiger charge is 2.11. The third-order valence-electron chi connectivity index (χ3n) is 2.53. The number of benzene rings is 1. The summed E-state index contributed by atoms with van der Waals surface area (Å²) < 4.78 is 6.36. The van der Waals surface area contributed by atoms with E-state index in [1.54, 1.807) is 24.3 Å². The fraction of sp³-hybridized carbons (Fsp3) is 0.231. The van der Waals surface area contributed by atoms with Crippen molar-refractivity contribution in [2.45, 2.75) is 6.54 Å². The van der Waals surface area contributed by atoms with Crippen LogP contribution in [0.4, 0.5) is 0 Å². The number of H-pyrrole nitrogens is 1. The molecule has 1 aromatic carbocycles. The molecule has 19 heavy (non-hydrogen) atoms. The van der Waals surface area contributed by atoms with Gasteiger partial charge in [0.2, 0.25) is 0 Å². The van der Waals surface area contributed by atoms with Crippen LogP contribution >= 0.6 is 15.9 Å². The van der Waals surface area contributed by atoms with Gasteiger partial charge in [-0.1, -0.05) is 22.0 Å². The molecule has 5 nitrogen and oxygen atoms in total. The summed E-state index contributed by atoms with van der Waals surface area (Å²) in [5, 5.41) is 0. The Kier molecular flexibility index (Phi) is 4.57. The van der Waals surface area contributed by atoms with Gasteiger partial charge in [0.15, 0.2) is 6.61 Å². The maximum Gasteiger partial charge on any atom is 0.260 e. The van der Waals surface area contributed by atoms with Crippen LogP contribution in [0.5, 0.6) is 5.75 Å². The number of ether oxygens (including phenoxy) is 1. The summed E-state index contributed by atoms with van der Waals surface area (Å²) in [6, 6.07) is 7.39. The van der Waals surface area contributed by atoms with E-state index >= 15 is 0 Å². The molecule has 1 N–H and O–H groups in total. The number of imidazole rings is 1. The van der Waals surface area contributed by atoms with Crippen molar-refractivity contribution in [3.05, 3.63) is 47.0 Å². The third kappa shape index (κ3) is 4.10. The molecular formula is C13H14BrN3O2. The average Bonchev–Trinajstić information content (AvgIpc) is 2.89. The summed E-state index contributed by atoms with van der Waals surface area (Å²) in [7, 11) is 1.72. The summed E-state index contributed by atoms with van der Waals surface area (Å²) in [6.45, 7) is 0.446. The summed E-state index contributed by atoms with van der Waals surface area (Å²) in [5.41, 5.74) is 0. The number of nitrogens with one attached hydrogen (secondary N) is 1. The molecule has 0 aliphatic rings. The topological polar surface area (TPSA) is 58.2 Å². The van der Waals surface area contributed by atoms with Gasteiger partial charge in [0.25, 0.3) is 5.91 Å². The predicted octanol–water partition coefficient (Wildman–Crippen LogP) is 2.21. The lowest BCUT2D eigenvalue weighted by Crippen LogP contribution is -2.31. The molecule has 0 aliphatic heterocycles. The van der Waals surface area contributed by atoms with Crippen LogP contribution in [0.3, 0.4) is 0 Å². The molecule has 0 unspecified atom stereocenters. The van der Waals surface area contributed by atoms with Crippen molar-refractivity contribution < 1.29 is 9.53 Å². The van der Waals surface area contributed by atoms with E-state index in [9.17, 15) is 4.79 Å². The van der Waals surface area contributed by atoms with E-state index in [1.807, 2.05) is 24.3 Å². The molecule has 6 heteroatoms. The lowest BCUT2D eigenvalue weighted by molar-refractivity contribution is -0.132. The molecule has 0 fully saturated rings. The fourth-order valence-corrected chi connectivity index (χ4v) is 1.89. The first-order valence-electron chi connectivity index (χ1n) is 5.76. The molecule has 2 aromatic rings. The van der Waals surface area contributed by atoms with Gasteiger partial charge in [-0.25, -0.2) is 4.98 Å². The Labute approximate surface area is 119 Å². The van der Waals surface area contributed by atoms with Crippen LogP contribution in [-0.4, -0.2) is 34.4 Å². The Hall–Kier alpha value is -1.82. The molecular weight excluding hydrogens is 310 g/mol. The van der Waals surface area contributed by atoms with Crippen molar-refractivity contribution in [1.29, 1.82) is 0 Å². The van der Waals surface area contributed by atoms with Crippen molar-refractivity contribution in [1.82, 2.24) is 14.9 Å². The van der Waals surface area contributed by atoms with E-state index in [4.69, 9.17) is 4.74 Å². The predicted molar refractivity (Wildman–Crippen MR) is 74.7 cm³/mol. The van der Waals surface area contributed by atoms with Crippen LogP contribution in [0.1, 0.15) is 5.82 Å². The first-order chi connectivity index (χ1) is 9.15. The molecule has 1 heterocycles. The molecule has 0 radical (unpaired) electrons. The van der Waals surface area contributed by atoms with Crippen LogP contribution in [0.2, 0.25) is 0 Å². The molecule has 1 amide bonds. The normalized spacial score (nSPS) is 10.2. The number of amides is 1. The van der Waals surface area contributed by atoms with Gasteiger partial charge in [0.05, 0.1) is 6.54 Å². The second-order valence-corrected chi connectivity index (χ2v) is 4.95. The molecule has 0 aliphatic carbocycles. The number of nitrogens with zero attached hydrogens (tertiary/aromatic N) is 2. The molecule has 100 valence electrons. The lowest BCUT2D eigenvalue weighted by atomic mass is 10.3. The summed E-state index contributed by atoms with van der Waals surface area (Å²) in [6.07, 6.45) is 3.39. The minimum Gasteiger partial charge on any atom is -0.484 e. The standard InChI is InChI=1S/C13H14BrN3O2/c1-17(8-12-15-5-6-16-12)13(18)9-19-11-4-2-3-10(14)7-11/h2-7H,8-9H2,1H3,(H,15,16). The minimum absolute atomic E-state index is 0.00760. The van der Waals surface area contributed by atoms with Crippen LogP contribution in [0.25, 0.3) is 0 Å². The van der Waals surface area contributed by atoms with Gasteiger partial charge in [0, 0.05) is 23.9 Å². The number of aromatic nitrogens is 2. The van der Waals surface area contributed by atoms with E-state index in [0.29, 0.717) is 12.3 Å². The Morgan fingerprint density at radius 3 is 3.05 bits per heavy atom. The zero-order valence-corrected chi connectivity index (χ0v) is 12.1. The average molecular weight is 324 g/mol. The second kappa shape index (κ2) is 6.38. The number of hydrogen-bond donors (Lipinski definition) is 1. The number of carbonyl (C=O) groups is 1.